The SMILES string of the molecule is COC(=O)CCSCCO[C@@H]1O[C@H](CO)[C@@H](O[C@@H]2O[C@H](CO)[C@H](O[C@H]3O[C@H](CO)[C@H](O)[C@H](O)[C@H]3O)[C@H](O)[C@H]2O)[C@H](O)[C@H]1NC(C)=O. The highest BCUT2D eigenvalue weighted by molar-refractivity contribution is 7.99. The average Bonchev–Trinajstić information content (AvgIpc) is 3.04. The van der Waals surface area contributed by atoms with Gasteiger partial charge >= 0.3 is 5.97 Å². The number of carbonyl (C=O) groups is 2. The Balaban J connectivity index is 1.67. The number of methoxy groups -OCH3 is 1. The van der Waals surface area contributed by atoms with E-state index in [4.69, 9.17) is 28.4 Å². The molecule has 0 saturated carbocycles. The van der Waals surface area contributed by atoms with Crippen LogP contribution in [0.15, 0.2) is 0 Å². The molecule has 3 aliphatic rings. The molecular formula is C26H45NO18S. The van der Waals surface area contributed by atoms with Gasteiger partial charge in [0.05, 0.1) is 40.0 Å². The molecule has 0 radical (unpaired) electrons. The molecule has 0 aromatic heterocycles. The van der Waals surface area contributed by atoms with Gasteiger partial charge in [0.25, 0.3) is 0 Å². The Morgan fingerprint density at radius 3 is 1.76 bits per heavy atom. The van der Waals surface area contributed by atoms with Crippen LogP contribution in [-0.2, 0) is 42.7 Å². The number of hydrogen-bond acceptors (Lipinski definition) is 19. The smallest absolute Gasteiger partial charge is 0.306 e. The standard InChI is InChI=1S/C26H45NO18S/c1-10(31)27-15-17(34)22(12(8-29)42-24(15)40-4-6-46-5-3-14(32)39-2)44-26-21(38)19(36)23(13(9-30)43-26)45-25-20(37)18(35)16(33)11(7-28)41-25/h11-13,15-26,28-30,33-38H,3-9H2,1-2H3,(H,27,31)/t11-,12-,13-,15-,16+,17-,18+,19-,20-,21-,22-,23+,24-,25-,26+/m1/s1. The van der Waals surface area contributed by atoms with Gasteiger partial charge in [-0.25, -0.2) is 0 Å². The Bertz CT molecular complexity index is 949. The molecule has 3 aliphatic heterocycles. The van der Waals surface area contributed by atoms with Crippen LogP contribution in [0, 0.1) is 0 Å². The maximum atomic E-state index is 12.0. The molecule has 20 heteroatoms. The summed E-state index contributed by atoms with van der Waals surface area (Å²) in [6.07, 6.45) is -22.5. The van der Waals surface area contributed by atoms with Crippen LogP contribution in [0.5, 0.6) is 0 Å². The van der Waals surface area contributed by atoms with E-state index >= 15 is 0 Å². The lowest BCUT2D eigenvalue weighted by atomic mass is 9.95. The van der Waals surface area contributed by atoms with Gasteiger partial charge in [0.15, 0.2) is 18.9 Å². The minimum absolute atomic E-state index is 0.0770. The number of esters is 1. The Hall–Kier alpha value is -1.31. The first kappa shape index (κ1) is 39.1. The summed E-state index contributed by atoms with van der Waals surface area (Å²) in [5.74, 6) is -0.0460. The van der Waals surface area contributed by atoms with Crippen LogP contribution < -0.4 is 5.32 Å². The van der Waals surface area contributed by atoms with Crippen LogP contribution in [0.4, 0.5) is 0 Å². The molecule has 19 nitrogen and oxygen atoms in total. The van der Waals surface area contributed by atoms with Crippen molar-refractivity contribution in [2.24, 2.45) is 0 Å². The van der Waals surface area contributed by atoms with E-state index in [1.807, 2.05) is 0 Å². The van der Waals surface area contributed by atoms with E-state index in [-0.39, 0.29) is 19.0 Å². The summed E-state index contributed by atoms with van der Waals surface area (Å²) in [5, 5.41) is 95.3. The maximum absolute atomic E-state index is 12.0. The zero-order valence-electron chi connectivity index (χ0n) is 25.2. The fraction of sp³-hybridized carbons (Fsp3) is 0.923. The largest absolute Gasteiger partial charge is 0.469 e. The van der Waals surface area contributed by atoms with Crippen molar-refractivity contribution in [1.29, 1.82) is 0 Å². The summed E-state index contributed by atoms with van der Waals surface area (Å²) in [4.78, 5) is 23.2. The van der Waals surface area contributed by atoms with E-state index in [0.717, 1.165) is 0 Å². The van der Waals surface area contributed by atoms with E-state index in [1.54, 1.807) is 0 Å². The molecule has 3 heterocycles. The summed E-state index contributed by atoms with van der Waals surface area (Å²) >= 11 is 1.39. The Morgan fingerprint density at radius 2 is 1.22 bits per heavy atom. The lowest BCUT2D eigenvalue weighted by Crippen LogP contribution is -2.68. The monoisotopic (exact) mass is 691 g/mol. The molecule has 0 aromatic rings. The van der Waals surface area contributed by atoms with Crippen LogP contribution in [0.2, 0.25) is 0 Å². The molecule has 3 rings (SSSR count). The van der Waals surface area contributed by atoms with Crippen molar-refractivity contribution in [1.82, 2.24) is 5.32 Å². The lowest BCUT2D eigenvalue weighted by molar-refractivity contribution is -0.374. The minimum atomic E-state index is -1.93. The number of nitrogens with one attached hydrogen (secondary N) is 1. The molecule has 15 atom stereocenters. The number of aliphatic hydroxyl groups excluding tert-OH is 9. The van der Waals surface area contributed by atoms with Crippen molar-refractivity contribution in [3.8, 4) is 0 Å². The molecule has 0 bridgehead atoms. The zero-order valence-corrected chi connectivity index (χ0v) is 26.0. The van der Waals surface area contributed by atoms with Crippen molar-refractivity contribution in [3.63, 3.8) is 0 Å². The van der Waals surface area contributed by atoms with E-state index in [9.17, 15) is 55.5 Å². The summed E-state index contributed by atoms with van der Waals surface area (Å²) in [6.45, 7) is -1.05. The van der Waals surface area contributed by atoms with Gasteiger partial charge in [0.1, 0.15) is 73.2 Å². The summed E-state index contributed by atoms with van der Waals surface area (Å²) < 4.78 is 38.3. The molecule has 0 unspecified atom stereocenters. The molecule has 0 spiro atoms. The van der Waals surface area contributed by atoms with Gasteiger partial charge in [0.2, 0.25) is 5.91 Å². The first-order valence-corrected chi connectivity index (χ1v) is 15.7. The predicted molar refractivity (Wildman–Crippen MR) is 151 cm³/mol. The second-order valence-corrected chi connectivity index (χ2v) is 12.1. The molecular weight excluding hydrogens is 646 g/mol. The molecule has 3 fully saturated rings. The Kier molecular flexibility index (Phi) is 15.7. The van der Waals surface area contributed by atoms with Crippen LogP contribution in [0.1, 0.15) is 13.3 Å². The fourth-order valence-corrected chi connectivity index (χ4v) is 5.90. The predicted octanol–water partition coefficient (Wildman–Crippen LogP) is -6.11. The van der Waals surface area contributed by atoms with Gasteiger partial charge in [0, 0.05) is 18.4 Å². The third kappa shape index (κ3) is 9.65. The van der Waals surface area contributed by atoms with Crippen molar-refractivity contribution in [3.05, 3.63) is 0 Å². The van der Waals surface area contributed by atoms with Gasteiger partial charge in [-0.3, -0.25) is 9.59 Å². The summed E-state index contributed by atoms with van der Waals surface area (Å²) in [5.41, 5.74) is 0. The number of rotatable bonds is 15. The highest BCUT2D eigenvalue weighted by Crippen LogP contribution is 2.32. The van der Waals surface area contributed by atoms with Gasteiger partial charge < -0.3 is 84.4 Å². The van der Waals surface area contributed by atoms with Gasteiger partial charge in [-0.05, 0) is 0 Å². The number of thioether (sulfide) groups is 1. The minimum Gasteiger partial charge on any atom is -0.469 e. The molecule has 3 saturated heterocycles. The van der Waals surface area contributed by atoms with Gasteiger partial charge in [-0.15, -0.1) is 0 Å². The van der Waals surface area contributed by atoms with Crippen molar-refractivity contribution >= 4 is 23.6 Å². The molecule has 46 heavy (non-hydrogen) atoms. The average molecular weight is 692 g/mol. The third-order valence-corrected chi connectivity index (χ3v) is 8.61. The van der Waals surface area contributed by atoms with Crippen LogP contribution in [0.25, 0.3) is 0 Å². The van der Waals surface area contributed by atoms with E-state index < -0.39 is 118 Å². The van der Waals surface area contributed by atoms with Gasteiger partial charge in [-0.1, -0.05) is 0 Å². The van der Waals surface area contributed by atoms with E-state index in [1.165, 1.54) is 25.8 Å². The molecule has 0 aliphatic carbocycles. The third-order valence-electron chi connectivity index (χ3n) is 7.66. The van der Waals surface area contributed by atoms with Gasteiger partial charge in [-0.2, -0.15) is 11.8 Å². The second kappa shape index (κ2) is 18.5. The van der Waals surface area contributed by atoms with Crippen molar-refractivity contribution in [2.45, 2.75) is 105 Å². The molecule has 1 amide bonds. The molecule has 268 valence electrons. The Morgan fingerprint density at radius 1 is 0.696 bits per heavy atom. The van der Waals surface area contributed by atoms with E-state index in [2.05, 4.69) is 10.1 Å². The number of amides is 1. The quantitative estimate of drug-likeness (QED) is 0.0564. The first-order chi connectivity index (χ1) is 21.9. The van der Waals surface area contributed by atoms with Crippen molar-refractivity contribution < 1.29 is 88.7 Å². The van der Waals surface area contributed by atoms with E-state index in [0.29, 0.717) is 11.5 Å². The highest BCUT2D eigenvalue weighted by Gasteiger charge is 2.53. The number of carbonyl (C=O) groups excluding carboxylic acids is 2. The topological polar surface area (TPSA) is 293 Å². The molecule has 10 N–H and O–H groups in total. The number of aliphatic hydroxyl groups is 9. The van der Waals surface area contributed by atoms with Crippen LogP contribution in [0.3, 0.4) is 0 Å². The second-order valence-electron chi connectivity index (χ2n) is 10.9. The number of ether oxygens (including phenoxy) is 7. The van der Waals surface area contributed by atoms with Crippen molar-refractivity contribution in [2.75, 3.05) is 45.0 Å². The normalized spacial score (nSPS) is 41.6. The molecule has 0 aromatic carbocycles. The fourth-order valence-electron chi connectivity index (χ4n) is 5.17. The summed E-state index contributed by atoms with van der Waals surface area (Å²) in [6, 6.07) is -1.23. The first-order valence-electron chi connectivity index (χ1n) is 14.6. The zero-order chi connectivity index (χ0) is 34.1. The highest BCUT2D eigenvalue weighted by atomic mass is 32.2. The Labute approximate surface area is 268 Å². The number of hydrogen-bond donors (Lipinski definition) is 10. The van der Waals surface area contributed by atoms with Crippen LogP contribution >= 0.6 is 11.8 Å². The maximum Gasteiger partial charge on any atom is 0.306 e. The lowest BCUT2D eigenvalue weighted by Gasteiger charge is -2.48. The van der Waals surface area contributed by atoms with Crippen LogP contribution in [-0.4, -0.2) is 195 Å². The summed E-state index contributed by atoms with van der Waals surface area (Å²) in [7, 11) is 1.28.